The molecule has 0 spiro atoms. The van der Waals surface area contributed by atoms with Crippen LogP contribution < -0.4 is 10.6 Å². The lowest BCUT2D eigenvalue weighted by Crippen LogP contribution is -2.39. The highest BCUT2D eigenvalue weighted by atomic mass is 19.4. The summed E-state index contributed by atoms with van der Waals surface area (Å²) in [7, 11) is 0. The highest BCUT2D eigenvalue weighted by Gasteiger charge is 2.32. The number of nitrogens with zero attached hydrogens (tertiary/aromatic N) is 2. The van der Waals surface area contributed by atoms with E-state index in [1.807, 2.05) is 6.07 Å². The van der Waals surface area contributed by atoms with Crippen molar-refractivity contribution in [3.05, 3.63) is 23.8 Å². The SMILES string of the molecule is CC(C)N(CC(F)(F)F)c1ccc(C#N)cc1N. The molecule has 0 aliphatic rings. The van der Waals surface area contributed by atoms with Gasteiger partial charge in [0.1, 0.15) is 6.54 Å². The van der Waals surface area contributed by atoms with Crippen molar-refractivity contribution in [2.24, 2.45) is 0 Å². The van der Waals surface area contributed by atoms with Crippen molar-refractivity contribution in [3.8, 4) is 6.07 Å². The Bertz CT molecular complexity index is 461. The first-order valence-corrected chi connectivity index (χ1v) is 5.37. The molecule has 1 aromatic carbocycles. The Morgan fingerprint density at radius 3 is 2.39 bits per heavy atom. The smallest absolute Gasteiger partial charge is 0.397 e. The van der Waals surface area contributed by atoms with E-state index in [-0.39, 0.29) is 11.7 Å². The van der Waals surface area contributed by atoms with Gasteiger partial charge < -0.3 is 10.6 Å². The minimum Gasteiger partial charge on any atom is -0.397 e. The lowest BCUT2D eigenvalue weighted by atomic mass is 10.1. The molecule has 0 aliphatic carbocycles. The van der Waals surface area contributed by atoms with Gasteiger partial charge in [-0.1, -0.05) is 0 Å². The molecule has 1 rings (SSSR count). The number of hydrogen-bond acceptors (Lipinski definition) is 3. The molecule has 0 aromatic heterocycles. The fourth-order valence-electron chi connectivity index (χ4n) is 1.62. The van der Waals surface area contributed by atoms with Crippen molar-refractivity contribution in [2.45, 2.75) is 26.1 Å². The van der Waals surface area contributed by atoms with Gasteiger partial charge >= 0.3 is 6.18 Å². The lowest BCUT2D eigenvalue weighted by Gasteiger charge is -2.30. The minimum absolute atomic E-state index is 0.173. The highest BCUT2D eigenvalue weighted by Crippen LogP contribution is 2.29. The van der Waals surface area contributed by atoms with Crippen LogP contribution >= 0.6 is 0 Å². The summed E-state index contributed by atoms with van der Waals surface area (Å²) in [5.41, 5.74) is 6.49. The number of benzene rings is 1. The van der Waals surface area contributed by atoms with Gasteiger partial charge in [0.15, 0.2) is 0 Å². The number of anilines is 2. The molecule has 0 heterocycles. The van der Waals surface area contributed by atoms with E-state index in [4.69, 9.17) is 11.0 Å². The quantitative estimate of drug-likeness (QED) is 0.847. The molecule has 0 bridgehead atoms. The third-order valence-corrected chi connectivity index (χ3v) is 2.44. The summed E-state index contributed by atoms with van der Waals surface area (Å²) >= 11 is 0. The van der Waals surface area contributed by atoms with E-state index in [9.17, 15) is 13.2 Å². The van der Waals surface area contributed by atoms with E-state index < -0.39 is 12.7 Å². The van der Waals surface area contributed by atoms with E-state index in [2.05, 4.69) is 0 Å². The summed E-state index contributed by atoms with van der Waals surface area (Å²) in [6, 6.07) is 5.82. The molecule has 18 heavy (non-hydrogen) atoms. The molecule has 2 N–H and O–H groups in total. The second-order valence-electron chi connectivity index (χ2n) is 4.22. The number of alkyl halides is 3. The summed E-state index contributed by atoms with van der Waals surface area (Å²) < 4.78 is 37.5. The first kappa shape index (κ1) is 14.2. The Labute approximate surface area is 104 Å². The van der Waals surface area contributed by atoms with Gasteiger partial charge in [-0.2, -0.15) is 18.4 Å². The average molecular weight is 257 g/mol. The van der Waals surface area contributed by atoms with Crippen molar-refractivity contribution in [1.29, 1.82) is 5.26 Å². The summed E-state index contributed by atoms with van der Waals surface area (Å²) in [6.45, 7) is 2.24. The monoisotopic (exact) mass is 257 g/mol. The van der Waals surface area contributed by atoms with Crippen LogP contribution in [0.3, 0.4) is 0 Å². The molecule has 0 saturated carbocycles. The Kier molecular flexibility index (Phi) is 4.07. The maximum Gasteiger partial charge on any atom is 0.405 e. The Balaban J connectivity index is 3.11. The van der Waals surface area contributed by atoms with Gasteiger partial charge in [0.25, 0.3) is 0 Å². The van der Waals surface area contributed by atoms with E-state index in [1.165, 1.54) is 18.2 Å². The summed E-state index contributed by atoms with van der Waals surface area (Å²) in [4.78, 5) is 1.16. The topological polar surface area (TPSA) is 53.0 Å². The predicted octanol–water partition coefficient (Wildman–Crippen LogP) is 2.92. The number of rotatable bonds is 3. The largest absolute Gasteiger partial charge is 0.405 e. The standard InChI is InChI=1S/C12H14F3N3/c1-8(2)18(7-12(13,14)15)11-4-3-9(6-16)5-10(11)17/h3-5,8H,7,17H2,1-2H3. The summed E-state index contributed by atoms with van der Waals surface area (Å²) in [5, 5.41) is 8.69. The molecule has 6 heteroatoms. The van der Waals surface area contributed by atoms with E-state index in [0.717, 1.165) is 4.90 Å². The Morgan fingerprint density at radius 2 is 2.00 bits per heavy atom. The first-order valence-electron chi connectivity index (χ1n) is 5.37. The van der Waals surface area contributed by atoms with Crippen LogP contribution in [0.5, 0.6) is 0 Å². The van der Waals surface area contributed by atoms with E-state index in [1.54, 1.807) is 13.8 Å². The van der Waals surface area contributed by atoms with Crippen LogP contribution in [0.2, 0.25) is 0 Å². The van der Waals surface area contributed by atoms with Crippen molar-refractivity contribution in [3.63, 3.8) is 0 Å². The molecule has 3 nitrogen and oxygen atoms in total. The number of nitrogens with two attached hydrogens (primary N) is 1. The Morgan fingerprint density at radius 1 is 1.39 bits per heavy atom. The first-order chi connectivity index (χ1) is 8.24. The van der Waals surface area contributed by atoms with Gasteiger partial charge in [0, 0.05) is 6.04 Å². The molecule has 0 fully saturated rings. The zero-order valence-corrected chi connectivity index (χ0v) is 10.1. The molecule has 0 unspecified atom stereocenters. The van der Waals surface area contributed by atoms with Crippen LogP contribution in [-0.2, 0) is 0 Å². The van der Waals surface area contributed by atoms with Crippen LogP contribution in [0.25, 0.3) is 0 Å². The van der Waals surface area contributed by atoms with E-state index >= 15 is 0 Å². The third kappa shape index (κ3) is 3.55. The molecule has 0 radical (unpaired) electrons. The maximum absolute atomic E-state index is 12.5. The normalized spacial score (nSPS) is 11.4. The van der Waals surface area contributed by atoms with Crippen molar-refractivity contribution in [2.75, 3.05) is 17.2 Å². The van der Waals surface area contributed by atoms with Gasteiger partial charge in [-0.15, -0.1) is 0 Å². The molecule has 0 saturated heterocycles. The second kappa shape index (κ2) is 5.17. The number of nitriles is 1. The number of halogens is 3. The fourth-order valence-corrected chi connectivity index (χ4v) is 1.62. The van der Waals surface area contributed by atoms with Crippen LogP contribution in [0, 0.1) is 11.3 Å². The van der Waals surface area contributed by atoms with Gasteiger partial charge in [0.05, 0.1) is 23.0 Å². The fraction of sp³-hybridized carbons (Fsp3) is 0.417. The summed E-state index contributed by atoms with van der Waals surface area (Å²) in [5.74, 6) is 0. The minimum atomic E-state index is -4.30. The molecule has 1 aromatic rings. The zero-order valence-electron chi connectivity index (χ0n) is 10.1. The lowest BCUT2D eigenvalue weighted by molar-refractivity contribution is -0.120. The van der Waals surface area contributed by atoms with Crippen LogP contribution in [0.15, 0.2) is 18.2 Å². The van der Waals surface area contributed by atoms with Gasteiger partial charge in [-0.25, -0.2) is 0 Å². The zero-order chi connectivity index (χ0) is 13.9. The van der Waals surface area contributed by atoms with E-state index in [0.29, 0.717) is 11.3 Å². The number of hydrogen-bond donors (Lipinski definition) is 1. The van der Waals surface area contributed by atoms with Crippen molar-refractivity contribution >= 4 is 11.4 Å². The van der Waals surface area contributed by atoms with Crippen molar-refractivity contribution in [1.82, 2.24) is 0 Å². The predicted molar refractivity (Wildman–Crippen MR) is 64.1 cm³/mol. The Hall–Kier alpha value is -1.90. The average Bonchev–Trinajstić information content (AvgIpc) is 2.24. The molecule has 98 valence electrons. The summed E-state index contributed by atoms with van der Waals surface area (Å²) in [6.07, 6.45) is -4.30. The number of nitrogen functional groups attached to an aromatic ring is 1. The molecule has 0 atom stereocenters. The van der Waals surface area contributed by atoms with Crippen molar-refractivity contribution < 1.29 is 13.2 Å². The van der Waals surface area contributed by atoms with Crippen LogP contribution in [-0.4, -0.2) is 18.8 Å². The second-order valence-corrected chi connectivity index (χ2v) is 4.22. The molecule has 0 aliphatic heterocycles. The third-order valence-electron chi connectivity index (χ3n) is 2.44. The highest BCUT2D eigenvalue weighted by molar-refractivity contribution is 5.70. The molecule has 0 amide bonds. The van der Waals surface area contributed by atoms with Crippen LogP contribution in [0.1, 0.15) is 19.4 Å². The van der Waals surface area contributed by atoms with Crippen LogP contribution in [0.4, 0.5) is 24.5 Å². The van der Waals surface area contributed by atoms with Gasteiger partial charge in [0.2, 0.25) is 0 Å². The molecular weight excluding hydrogens is 243 g/mol. The van der Waals surface area contributed by atoms with Gasteiger partial charge in [-0.3, -0.25) is 0 Å². The van der Waals surface area contributed by atoms with Gasteiger partial charge in [-0.05, 0) is 32.0 Å². The molecular formula is C12H14F3N3. The maximum atomic E-state index is 12.5.